The molecule has 20 heavy (non-hydrogen) atoms. The lowest BCUT2D eigenvalue weighted by molar-refractivity contribution is -0.142. The fraction of sp³-hybridized carbons (Fsp3) is 0.462. The third kappa shape index (κ3) is 2.97. The Labute approximate surface area is 123 Å². The zero-order valence-corrected chi connectivity index (χ0v) is 12.6. The summed E-state index contributed by atoms with van der Waals surface area (Å²) in [6.45, 7) is 2.06. The van der Waals surface area contributed by atoms with E-state index in [-0.39, 0.29) is 11.4 Å². The minimum atomic E-state index is -3.66. The van der Waals surface area contributed by atoms with Gasteiger partial charge < -0.3 is 5.11 Å². The number of halogens is 1. The lowest BCUT2D eigenvalue weighted by atomic mass is 10.0. The maximum absolute atomic E-state index is 12.6. The molecule has 1 N–H and O–H groups in total. The van der Waals surface area contributed by atoms with Crippen molar-refractivity contribution in [2.45, 2.75) is 24.7 Å². The summed E-state index contributed by atoms with van der Waals surface area (Å²) in [5.41, 5.74) is 0.565. The number of piperidine rings is 1. The van der Waals surface area contributed by atoms with Crippen LogP contribution in [-0.4, -0.2) is 36.9 Å². The van der Waals surface area contributed by atoms with E-state index >= 15 is 0 Å². The molecule has 1 unspecified atom stereocenters. The molecular formula is C13H16ClNO4S. The van der Waals surface area contributed by atoms with Crippen LogP contribution in [0.4, 0.5) is 0 Å². The summed E-state index contributed by atoms with van der Waals surface area (Å²) in [6.07, 6.45) is 1.07. The molecule has 1 aromatic rings. The fourth-order valence-corrected chi connectivity index (χ4v) is 4.36. The number of benzene rings is 1. The molecule has 7 heteroatoms. The number of rotatable bonds is 3. The van der Waals surface area contributed by atoms with Crippen LogP contribution in [0, 0.1) is 12.8 Å². The summed E-state index contributed by atoms with van der Waals surface area (Å²) < 4.78 is 26.4. The van der Waals surface area contributed by atoms with Crippen LogP contribution in [0.15, 0.2) is 23.1 Å². The smallest absolute Gasteiger partial charge is 0.307 e. The molecule has 0 radical (unpaired) electrons. The number of carboxylic acids is 1. The van der Waals surface area contributed by atoms with Crippen LogP contribution < -0.4 is 0 Å². The van der Waals surface area contributed by atoms with Gasteiger partial charge in [0.1, 0.15) is 0 Å². The molecule has 1 saturated heterocycles. The molecular weight excluding hydrogens is 302 g/mol. The number of hydrogen-bond acceptors (Lipinski definition) is 3. The van der Waals surface area contributed by atoms with Gasteiger partial charge in [0.05, 0.1) is 10.8 Å². The molecule has 0 aromatic heterocycles. The molecule has 1 heterocycles. The summed E-state index contributed by atoms with van der Waals surface area (Å²) in [4.78, 5) is 11.2. The Kier molecular flexibility index (Phi) is 4.36. The van der Waals surface area contributed by atoms with Gasteiger partial charge in [-0.3, -0.25) is 4.79 Å². The van der Waals surface area contributed by atoms with Crippen molar-refractivity contribution in [1.29, 1.82) is 0 Å². The zero-order chi connectivity index (χ0) is 14.9. The van der Waals surface area contributed by atoms with E-state index in [1.165, 1.54) is 16.4 Å². The highest BCUT2D eigenvalue weighted by atomic mass is 35.5. The first-order valence-corrected chi connectivity index (χ1v) is 8.13. The molecule has 1 fully saturated rings. The number of aryl methyl sites for hydroxylation is 1. The van der Waals surface area contributed by atoms with E-state index < -0.39 is 21.9 Å². The molecule has 0 aliphatic carbocycles. The Morgan fingerprint density at radius 2 is 2.15 bits per heavy atom. The molecule has 5 nitrogen and oxygen atoms in total. The number of nitrogens with zero attached hydrogens (tertiary/aromatic N) is 1. The summed E-state index contributed by atoms with van der Waals surface area (Å²) in [7, 11) is -3.66. The van der Waals surface area contributed by atoms with Crippen LogP contribution in [-0.2, 0) is 14.8 Å². The minimum Gasteiger partial charge on any atom is -0.481 e. The maximum atomic E-state index is 12.6. The van der Waals surface area contributed by atoms with Crippen LogP contribution in [0.1, 0.15) is 18.4 Å². The lowest BCUT2D eigenvalue weighted by Crippen LogP contribution is -2.42. The van der Waals surface area contributed by atoms with Crippen molar-refractivity contribution in [2.75, 3.05) is 13.1 Å². The molecule has 2 rings (SSSR count). The topological polar surface area (TPSA) is 74.7 Å². The van der Waals surface area contributed by atoms with Crippen molar-refractivity contribution >= 4 is 27.6 Å². The molecule has 1 atom stereocenters. The second-order valence-corrected chi connectivity index (χ2v) is 7.29. The van der Waals surface area contributed by atoms with Gasteiger partial charge in [-0.25, -0.2) is 8.42 Å². The van der Waals surface area contributed by atoms with Crippen LogP contribution in [0.25, 0.3) is 0 Å². The second-order valence-electron chi connectivity index (χ2n) is 4.95. The van der Waals surface area contributed by atoms with Gasteiger partial charge in [0.25, 0.3) is 0 Å². The van der Waals surface area contributed by atoms with Crippen molar-refractivity contribution in [3.8, 4) is 0 Å². The van der Waals surface area contributed by atoms with Gasteiger partial charge in [-0.05, 0) is 43.5 Å². The summed E-state index contributed by atoms with van der Waals surface area (Å²) in [5, 5.41) is 9.52. The standard InChI is InChI=1S/C13H16ClNO4S/c1-9-7-11(14)4-5-12(9)20(18,19)15-6-2-3-10(8-15)13(16)17/h4-5,7,10H,2-3,6,8H2,1H3,(H,16,17). The summed E-state index contributed by atoms with van der Waals surface area (Å²) >= 11 is 5.83. The molecule has 0 amide bonds. The predicted octanol–water partition coefficient (Wildman–Crippen LogP) is 2.13. The van der Waals surface area contributed by atoms with Crippen LogP contribution in [0.5, 0.6) is 0 Å². The molecule has 110 valence electrons. The Morgan fingerprint density at radius 1 is 1.45 bits per heavy atom. The minimum absolute atomic E-state index is 0.0275. The number of sulfonamides is 1. The first-order chi connectivity index (χ1) is 9.32. The van der Waals surface area contributed by atoms with Gasteiger partial charge in [0.2, 0.25) is 10.0 Å². The highest BCUT2D eigenvalue weighted by molar-refractivity contribution is 7.89. The van der Waals surface area contributed by atoms with E-state index in [2.05, 4.69) is 0 Å². The van der Waals surface area contributed by atoms with Gasteiger partial charge in [0, 0.05) is 18.1 Å². The summed E-state index contributed by atoms with van der Waals surface area (Å²) in [6, 6.07) is 4.59. The molecule has 1 aliphatic heterocycles. The van der Waals surface area contributed by atoms with E-state index in [1.807, 2.05) is 0 Å². The van der Waals surface area contributed by atoms with Crippen molar-refractivity contribution < 1.29 is 18.3 Å². The van der Waals surface area contributed by atoms with E-state index in [1.54, 1.807) is 13.0 Å². The molecule has 1 aromatic carbocycles. The largest absolute Gasteiger partial charge is 0.481 e. The normalized spacial score (nSPS) is 20.8. The first-order valence-electron chi connectivity index (χ1n) is 6.31. The highest BCUT2D eigenvalue weighted by Gasteiger charge is 2.33. The highest BCUT2D eigenvalue weighted by Crippen LogP contribution is 2.27. The molecule has 1 aliphatic rings. The Morgan fingerprint density at radius 3 is 2.75 bits per heavy atom. The lowest BCUT2D eigenvalue weighted by Gasteiger charge is -2.30. The number of carbonyl (C=O) groups is 1. The molecule has 0 spiro atoms. The Balaban J connectivity index is 2.32. The van der Waals surface area contributed by atoms with E-state index in [0.717, 1.165) is 0 Å². The molecule has 0 bridgehead atoms. The van der Waals surface area contributed by atoms with Crippen molar-refractivity contribution in [3.05, 3.63) is 28.8 Å². The van der Waals surface area contributed by atoms with E-state index in [0.29, 0.717) is 30.0 Å². The number of hydrogen-bond donors (Lipinski definition) is 1. The van der Waals surface area contributed by atoms with Gasteiger partial charge in [-0.15, -0.1) is 0 Å². The van der Waals surface area contributed by atoms with Crippen LogP contribution in [0.3, 0.4) is 0 Å². The number of aliphatic carboxylic acids is 1. The molecule has 0 saturated carbocycles. The van der Waals surface area contributed by atoms with Crippen molar-refractivity contribution in [1.82, 2.24) is 4.31 Å². The SMILES string of the molecule is Cc1cc(Cl)ccc1S(=O)(=O)N1CCCC(C(=O)O)C1. The zero-order valence-electron chi connectivity index (χ0n) is 11.0. The average molecular weight is 318 g/mol. The fourth-order valence-electron chi connectivity index (χ4n) is 2.40. The van der Waals surface area contributed by atoms with E-state index in [4.69, 9.17) is 16.7 Å². The summed E-state index contributed by atoms with van der Waals surface area (Å²) in [5.74, 6) is -1.58. The van der Waals surface area contributed by atoms with Gasteiger partial charge in [-0.1, -0.05) is 11.6 Å². The van der Waals surface area contributed by atoms with Crippen LogP contribution >= 0.6 is 11.6 Å². The maximum Gasteiger partial charge on any atom is 0.307 e. The first kappa shape index (κ1) is 15.3. The van der Waals surface area contributed by atoms with Crippen LogP contribution in [0.2, 0.25) is 5.02 Å². The Hall–Kier alpha value is -1.11. The average Bonchev–Trinajstić information content (AvgIpc) is 2.38. The van der Waals surface area contributed by atoms with E-state index in [9.17, 15) is 13.2 Å². The monoisotopic (exact) mass is 317 g/mol. The second kappa shape index (κ2) is 5.71. The van der Waals surface area contributed by atoms with Gasteiger partial charge in [0.15, 0.2) is 0 Å². The third-order valence-electron chi connectivity index (χ3n) is 3.49. The Bertz CT molecular complexity index is 629. The third-order valence-corrected chi connectivity index (χ3v) is 5.75. The van der Waals surface area contributed by atoms with Crippen molar-refractivity contribution in [3.63, 3.8) is 0 Å². The predicted molar refractivity (Wildman–Crippen MR) is 75.3 cm³/mol. The quantitative estimate of drug-likeness (QED) is 0.926. The van der Waals surface area contributed by atoms with Gasteiger partial charge in [-0.2, -0.15) is 4.31 Å². The number of carboxylic acid groups (broad SMARTS) is 1. The van der Waals surface area contributed by atoms with Gasteiger partial charge >= 0.3 is 5.97 Å². The van der Waals surface area contributed by atoms with Crippen molar-refractivity contribution in [2.24, 2.45) is 5.92 Å².